The van der Waals surface area contributed by atoms with Gasteiger partial charge < -0.3 is 5.11 Å². The van der Waals surface area contributed by atoms with Crippen LogP contribution in [0.15, 0.2) is 12.2 Å². The third-order valence-electron chi connectivity index (χ3n) is 4.16. The molecule has 22 heavy (non-hydrogen) atoms. The molecule has 0 rings (SSSR count). The molecule has 0 saturated heterocycles. The van der Waals surface area contributed by atoms with E-state index >= 15 is 0 Å². The van der Waals surface area contributed by atoms with E-state index in [1.807, 2.05) is 12.2 Å². The van der Waals surface area contributed by atoms with Gasteiger partial charge in [-0.25, -0.2) is 0 Å². The van der Waals surface area contributed by atoms with Crippen molar-refractivity contribution >= 4 is 5.78 Å². The third kappa shape index (κ3) is 17.4. The Morgan fingerprint density at radius 3 is 1.77 bits per heavy atom. The molecule has 0 aromatic heterocycles. The second kappa shape index (κ2) is 18.4. The second-order valence-electron chi connectivity index (χ2n) is 6.37. The Morgan fingerprint density at radius 2 is 1.23 bits per heavy atom. The van der Waals surface area contributed by atoms with Crippen molar-refractivity contribution in [2.75, 3.05) is 6.61 Å². The monoisotopic (exact) mass is 310 g/mol. The number of ketones is 1. The molecule has 0 aromatic carbocycles. The van der Waals surface area contributed by atoms with E-state index in [9.17, 15) is 4.79 Å². The van der Waals surface area contributed by atoms with Crippen LogP contribution < -0.4 is 0 Å². The van der Waals surface area contributed by atoms with Crippen LogP contribution in [-0.4, -0.2) is 17.5 Å². The summed E-state index contributed by atoms with van der Waals surface area (Å²) in [6.45, 7) is 2.40. The summed E-state index contributed by atoms with van der Waals surface area (Å²) in [5, 5.41) is 8.60. The average molecular weight is 311 g/mol. The number of hydrogen-bond acceptors (Lipinski definition) is 2. The summed E-state index contributed by atoms with van der Waals surface area (Å²) >= 11 is 0. The molecule has 0 fully saturated rings. The van der Waals surface area contributed by atoms with Crippen LogP contribution in [0.4, 0.5) is 0 Å². The summed E-state index contributed by atoms with van der Waals surface area (Å²) in [5.74, 6) is 0.472. The maximum Gasteiger partial charge on any atom is 0.132 e. The summed E-state index contributed by atoms with van der Waals surface area (Å²) in [6, 6.07) is 0. The topological polar surface area (TPSA) is 37.3 Å². The summed E-state index contributed by atoms with van der Waals surface area (Å²) < 4.78 is 0. The SMILES string of the molecule is CCCCCCCCCC(=O)CCCCCCCC=CCO. The highest BCUT2D eigenvalue weighted by atomic mass is 16.2. The molecule has 0 saturated carbocycles. The van der Waals surface area contributed by atoms with Gasteiger partial charge in [-0.05, 0) is 25.7 Å². The van der Waals surface area contributed by atoms with E-state index in [0.29, 0.717) is 5.78 Å². The number of allylic oxidation sites excluding steroid dienone is 1. The van der Waals surface area contributed by atoms with Crippen molar-refractivity contribution in [1.82, 2.24) is 0 Å². The van der Waals surface area contributed by atoms with Gasteiger partial charge in [0.25, 0.3) is 0 Å². The van der Waals surface area contributed by atoms with Crippen molar-refractivity contribution in [3.05, 3.63) is 12.2 Å². The van der Waals surface area contributed by atoms with Gasteiger partial charge in [0.1, 0.15) is 5.78 Å². The van der Waals surface area contributed by atoms with Crippen molar-refractivity contribution in [3.63, 3.8) is 0 Å². The van der Waals surface area contributed by atoms with Crippen LogP contribution in [0.1, 0.15) is 103 Å². The molecule has 0 atom stereocenters. The number of Topliss-reactive ketones (excluding diaryl/α,β-unsaturated/α-hetero) is 1. The van der Waals surface area contributed by atoms with E-state index in [-0.39, 0.29) is 6.61 Å². The molecule has 0 aliphatic rings. The lowest BCUT2D eigenvalue weighted by Gasteiger charge is -2.02. The van der Waals surface area contributed by atoms with E-state index in [0.717, 1.165) is 32.1 Å². The fourth-order valence-electron chi connectivity index (χ4n) is 2.71. The number of aliphatic hydroxyl groups excluding tert-OH is 1. The van der Waals surface area contributed by atoms with Gasteiger partial charge in [0.05, 0.1) is 6.61 Å². The number of aliphatic hydroxyl groups is 1. The molecule has 0 aromatic rings. The maximum absolute atomic E-state index is 11.8. The molecule has 0 radical (unpaired) electrons. The first-order valence-electron chi connectivity index (χ1n) is 9.58. The molecule has 0 spiro atoms. The number of hydrogen-bond donors (Lipinski definition) is 1. The van der Waals surface area contributed by atoms with Crippen molar-refractivity contribution in [3.8, 4) is 0 Å². The predicted molar refractivity (Wildman–Crippen MR) is 96.2 cm³/mol. The summed E-state index contributed by atoms with van der Waals surface area (Å²) in [5.41, 5.74) is 0. The summed E-state index contributed by atoms with van der Waals surface area (Å²) in [6.07, 6.45) is 21.4. The van der Waals surface area contributed by atoms with Crippen LogP contribution in [0.3, 0.4) is 0 Å². The normalized spacial score (nSPS) is 11.4. The zero-order valence-electron chi connectivity index (χ0n) is 14.8. The minimum absolute atomic E-state index is 0.154. The van der Waals surface area contributed by atoms with E-state index < -0.39 is 0 Å². The standard InChI is InChI=1S/C20H38O2/c1-2-3-4-5-8-11-14-17-20(22)18-15-12-9-6-7-10-13-16-19-21/h13,16,21H,2-12,14-15,17-19H2,1H3. The molecule has 0 aliphatic heterocycles. The Hall–Kier alpha value is -0.630. The van der Waals surface area contributed by atoms with E-state index in [1.54, 1.807) is 0 Å². The largest absolute Gasteiger partial charge is 0.392 e. The highest BCUT2D eigenvalue weighted by molar-refractivity contribution is 5.78. The van der Waals surface area contributed by atoms with Gasteiger partial charge >= 0.3 is 0 Å². The van der Waals surface area contributed by atoms with Crippen LogP contribution in [0.2, 0.25) is 0 Å². The first-order chi connectivity index (χ1) is 10.8. The van der Waals surface area contributed by atoms with Crippen LogP contribution in [0.25, 0.3) is 0 Å². The Bertz CT molecular complexity index is 258. The first kappa shape index (κ1) is 21.4. The first-order valence-corrected chi connectivity index (χ1v) is 9.58. The maximum atomic E-state index is 11.8. The highest BCUT2D eigenvalue weighted by Crippen LogP contribution is 2.12. The highest BCUT2D eigenvalue weighted by Gasteiger charge is 2.01. The fraction of sp³-hybridized carbons (Fsp3) is 0.850. The van der Waals surface area contributed by atoms with E-state index in [4.69, 9.17) is 5.11 Å². The summed E-state index contributed by atoms with van der Waals surface area (Å²) in [4.78, 5) is 11.8. The van der Waals surface area contributed by atoms with Crippen molar-refractivity contribution in [2.24, 2.45) is 0 Å². The lowest BCUT2D eigenvalue weighted by atomic mass is 10.0. The van der Waals surface area contributed by atoms with Crippen LogP contribution in [0, 0.1) is 0 Å². The third-order valence-corrected chi connectivity index (χ3v) is 4.16. The molecule has 1 N–H and O–H groups in total. The van der Waals surface area contributed by atoms with Gasteiger partial charge in [-0.1, -0.05) is 76.9 Å². The number of rotatable bonds is 17. The number of carbonyl (C=O) groups excluding carboxylic acids is 1. The molecule has 2 heteroatoms. The lowest BCUT2D eigenvalue weighted by molar-refractivity contribution is -0.119. The van der Waals surface area contributed by atoms with Crippen LogP contribution >= 0.6 is 0 Å². The fourth-order valence-corrected chi connectivity index (χ4v) is 2.71. The van der Waals surface area contributed by atoms with Crippen LogP contribution in [0.5, 0.6) is 0 Å². The Kier molecular flexibility index (Phi) is 17.9. The van der Waals surface area contributed by atoms with E-state index in [2.05, 4.69) is 6.92 Å². The van der Waals surface area contributed by atoms with Gasteiger partial charge in [0, 0.05) is 12.8 Å². The van der Waals surface area contributed by atoms with Crippen molar-refractivity contribution in [2.45, 2.75) is 103 Å². The molecular formula is C20H38O2. The quantitative estimate of drug-likeness (QED) is 0.265. The van der Waals surface area contributed by atoms with Crippen molar-refractivity contribution in [1.29, 1.82) is 0 Å². The van der Waals surface area contributed by atoms with Gasteiger partial charge in [0.15, 0.2) is 0 Å². The molecule has 0 bridgehead atoms. The Morgan fingerprint density at radius 1 is 0.727 bits per heavy atom. The molecule has 2 nitrogen and oxygen atoms in total. The van der Waals surface area contributed by atoms with Gasteiger partial charge in [-0.15, -0.1) is 0 Å². The lowest BCUT2D eigenvalue weighted by Crippen LogP contribution is -1.97. The molecule has 0 unspecified atom stereocenters. The molecule has 0 amide bonds. The zero-order chi connectivity index (χ0) is 16.3. The van der Waals surface area contributed by atoms with Crippen molar-refractivity contribution < 1.29 is 9.90 Å². The molecule has 0 aliphatic carbocycles. The Balaban J connectivity index is 3.17. The number of unbranched alkanes of at least 4 members (excludes halogenated alkanes) is 11. The van der Waals surface area contributed by atoms with Gasteiger partial charge in [0.2, 0.25) is 0 Å². The smallest absolute Gasteiger partial charge is 0.132 e. The minimum Gasteiger partial charge on any atom is -0.392 e. The Labute approximate surface area is 138 Å². The predicted octanol–water partition coefficient (Wildman–Crippen LogP) is 5.98. The number of carbonyl (C=O) groups is 1. The molecule has 130 valence electrons. The zero-order valence-corrected chi connectivity index (χ0v) is 14.8. The minimum atomic E-state index is 0.154. The molecule has 0 heterocycles. The second-order valence-corrected chi connectivity index (χ2v) is 6.37. The van der Waals surface area contributed by atoms with Gasteiger partial charge in [-0.3, -0.25) is 4.79 Å². The summed E-state index contributed by atoms with van der Waals surface area (Å²) in [7, 11) is 0. The average Bonchev–Trinajstić information content (AvgIpc) is 2.52. The van der Waals surface area contributed by atoms with Crippen LogP contribution in [-0.2, 0) is 4.79 Å². The van der Waals surface area contributed by atoms with Gasteiger partial charge in [-0.2, -0.15) is 0 Å². The van der Waals surface area contributed by atoms with E-state index in [1.165, 1.54) is 64.2 Å². The molecular weight excluding hydrogens is 272 g/mol.